The molecule has 0 bridgehead atoms. The quantitative estimate of drug-likeness (QED) is 0.245. The lowest BCUT2D eigenvalue weighted by Crippen LogP contribution is -2.53. The zero-order valence-corrected chi connectivity index (χ0v) is 18.4. The number of rotatable bonds is 9. The number of halogens is 21. The van der Waals surface area contributed by atoms with E-state index >= 15 is 0 Å². The van der Waals surface area contributed by atoms with E-state index in [0.717, 1.165) is 6.92 Å². The van der Waals surface area contributed by atoms with E-state index in [1.54, 1.807) is 0 Å². The molecule has 0 heterocycles. The molecule has 0 aliphatic heterocycles. The summed E-state index contributed by atoms with van der Waals surface area (Å²) in [7, 11) is 0. The Morgan fingerprint density at radius 1 is 0.475 bits per heavy atom. The van der Waals surface area contributed by atoms with Crippen LogP contribution in [0.15, 0.2) is 12.1 Å². The average Bonchev–Trinajstić information content (AvgIpc) is 2.74. The minimum atomic E-state index is -7.61. The third-order valence-electron chi connectivity index (χ3n) is 4.99. The summed E-state index contributed by atoms with van der Waals surface area (Å²) in [4.78, 5) is 0. The minimum absolute atomic E-state index is 0.747. The third kappa shape index (κ3) is 5.35. The SMILES string of the molecule is CCOCc1c(C(F)(F)C(F)(F)C(F)(F)F)cc(C(F)(F)C(F)(F)C(F)(F)F)cc1C(F)(F)C(F)(F)C(F)(F)F. The van der Waals surface area contributed by atoms with Crippen LogP contribution >= 0.6 is 0 Å². The number of alkyl halides is 21. The molecule has 1 nitrogen and oxygen atoms in total. The highest BCUT2D eigenvalue weighted by Crippen LogP contribution is 2.59. The lowest BCUT2D eigenvalue weighted by molar-refractivity contribution is -0.363. The van der Waals surface area contributed by atoms with E-state index in [1.165, 1.54) is 0 Å². The van der Waals surface area contributed by atoms with Gasteiger partial charge in [0.05, 0.1) is 6.61 Å². The first-order valence-electron chi connectivity index (χ1n) is 9.51. The molecule has 22 heteroatoms. The Morgan fingerprint density at radius 3 is 1.00 bits per heavy atom. The van der Waals surface area contributed by atoms with Crippen molar-refractivity contribution in [3.63, 3.8) is 0 Å². The fourth-order valence-corrected chi connectivity index (χ4v) is 2.83. The molecule has 0 aliphatic carbocycles. The van der Waals surface area contributed by atoms with Crippen molar-refractivity contribution in [2.75, 3.05) is 6.61 Å². The molecule has 0 fully saturated rings. The van der Waals surface area contributed by atoms with Crippen LogP contribution in [0.1, 0.15) is 29.2 Å². The third-order valence-corrected chi connectivity index (χ3v) is 4.99. The summed E-state index contributed by atoms with van der Waals surface area (Å²) in [5, 5.41) is 0. The Morgan fingerprint density at radius 2 is 0.750 bits per heavy atom. The van der Waals surface area contributed by atoms with Gasteiger partial charge >= 0.3 is 54.1 Å². The highest BCUT2D eigenvalue weighted by Gasteiger charge is 2.78. The monoisotopic (exact) mass is 640 g/mol. The molecule has 1 aromatic rings. The topological polar surface area (TPSA) is 9.23 Å². The average molecular weight is 640 g/mol. The van der Waals surface area contributed by atoms with Crippen LogP contribution in [0.3, 0.4) is 0 Å². The van der Waals surface area contributed by atoms with Crippen LogP contribution < -0.4 is 0 Å². The maximum absolute atomic E-state index is 14.5. The molecule has 234 valence electrons. The van der Waals surface area contributed by atoms with Crippen LogP contribution in [-0.2, 0) is 29.1 Å². The fraction of sp³-hybridized carbons (Fsp3) is 0.667. The van der Waals surface area contributed by atoms with Gasteiger partial charge in [0.25, 0.3) is 0 Å². The van der Waals surface area contributed by atoms with Gasteiger partial charge in [0.15, 0.2) is 0 Å². The van der Waals surface area contributed by atoms with E-state index in [-0.39, 0.29) is 0 Å². The standard InChI is InChI=1S/C18H9F21O/c1-2-40-5-7-8(11(21,22)14(27,28)17(34,35)36)3-6(10(19,20)13(25,26)16(31,32)33)4-9(7)12(23,24)15(29,30)18(37,38)39/h3-4H,2,5H2,1H3. The van der Waals surface area contributed by atoms with Gasteiger partial charge in [-0.05, 0) is 24.6 Å². The number of ether oxygens (including phenoxy) is 1. The molecule has 0 spiro atoms. The number of benzene rings is 1. The predicted octanol–water partition coefficient (Wildman–Crippen LogP) is 9.09. The van der Waals surface area contributed by atoms with E-state index < -0.39 is 102 Å². The molecule has 0 atom stereocenters. The van der Waals surface area contributed by atoms with E-state index in [2.05, 4.69) is 4.74 Å². The smallest absolute Gasteiger partial charge is 0.377 e. The van der Waals surface area contributed by atoms with Gasteiger partial charge in [-0.1, -0.05) is 0 Å². The lowest BCUT2D eigenvalue weighted by Gasteiger charge is -2.35. The molecule has 1 rings (SSSR count). The molecule has 0 radical (unpaired) electrons. The van der Waals surface area contributed by atoms with Crippen LogP contribution in [0.4, 0.5) is 92.2 Å². The molecule has 0 saturated heterocycles. The largest absolute Gasteiger partial charge is 0.460 e. The molecule has 0 amide bonds. The summed E-state index contributed by atoms with van der Waals surface area (Å²) < 4.78 is 286. The van der Waals surface area contributed by atoms with Gasteiger partial charge in [-0.2, -0.15) is 92.2 Å². The molecule has 0 unspecified atom stereocenters. The van der Waals surface area contributed by atoms with Gasteiger partial charge < -0.3 is 4.74 Å². The second kappa shape index (κ2) is 9.92. The fourth-order valence-electron chi connectivity index (χ4n) is 2.83. The zero-order chi connectivity index (χ0) is 32.3. The van der Waals surface area contributed by atoms with Gasteiger partial charge in [0.2, 0.25) is 0 Å². The highest BCUT2D eigenvalue weighted by atomic mass is 19.4. The Bertz CT molecular complexity index is 1000. The van der Waals surface area contributed by atoms with Gasteiger partial charge in [-0.15, -0.1) is 0 Å². The van der Waals surface area contributed by atoms with Gasteiger partial charge in [0.1, 0.15) is 0 Å². The minimum Gasteiger partial charge on any atom is -0.377 e. The van der Waals surface area contributed by atoms with Crippen LogP contribution in [0, 0.1) is 0 Å². The molecule has 0 N–H and O–H groups in total. The van der Waals surface area contributed by atoms with Crippen molar-refractivity contribution in [2.24, 2.45) is 0 Å². The Balaban J connectivity index is 4.53. The molecule has 0 aromatic heterocycles. The maximum Gasteiger partial charge on any atom is 0.460 e. The summed E-state index contributed by atoms with van der Waals surface area (Å²) in [6.45, 7) is -2.63. The van der Waals surface area contributed by atoms with Gasteiger partial charge in [0, 0.05) is 23.3 Å². The van der Waals surface area contributed by atoms with Crippen LogP contribution in [0.25, 0.3) is 0 Å². The molecule has 40 heavy (non-hydrogen) atoms. The van der Waals surface area contributed by atoms with E-state index in [4.69, 9.17) is 0 Å². The van der Waals surface area contributed by atoms with Crippen molar-refractivity contribution in [1.82, 2.24) is 0 Å². The van der Waals surface area contributed by atoms with Crippen molar-refractivity contribution >= 4 is 0 Å². The highest BCUT2D eigenvalue weighted by molar-refractivity contribution is 5.47. The first kappa shape index (κ1) is 35.7. The van der Waals surface area contributed by atoms with Crippen molar-refractivity contribution < 1.29 is 96.9 Å². The second-order valence-corrected chi connectivity index (χ2v) is 7.63. The van der Waals surface area contributed by atoms with E-state index in [0.29, 0.717) is 0 Å². The van der Waals surface area contributed by atoms with Crippen LogP contribution in [-0.4, -0.2) is 42.9 Å². The molecule has 0 saturated carbocycles. The summed E-state index contributed by atoms with van der Waals surface area (Å²) in [6, 6.07) is -3.45. The van der Waals surface area contributed by atoms with Crippen LogP contribution in [0.5, 0.6) is 0 Å². The van der Waals surface area contributed by atoms with Gasteiger partial charge in [-0.25, -0.2) is 0 Å². The Hall–Kier alpha value is -2.29. The lowest BCUT2D eigenvalue weighted by atomic mass is 9.84. The number of hydrogen-bond acceptors (Lipinski definition) is 1. The van der Waals surface area contributed by atoms with Crippen molar-refractivity contribution in [3.05, 3.63) is 34.4 Å². The maximum atomic E-state index is 14.5. The van der Waals surface area contributed by atoms with E-state index in [9.17, 15) is 92.2 Å². The van der Waals surface area contributed by atoms with E-state index in [1.807, 2.05) is 0 Å². The van der Waals surface area contributed by atoms with Gasteiger partial charge in [-0.3, -0.25) is 0 Å². The summed E-state index contributed by atoms with van der Waals surface area (Å²) in [5.74, 6) is -44.6. The summed E-state index contributed by atoms with van der Waals surface area (Å²) in [6.07, 6.45) is -22.5. The summed E-state index contributed by atoms with van der Waals surface area (Å²) in [5.41, 5.74) is -14.0. The molecule has 0 aliphatic rings. The second-order valence-electron chi connectivity index (χ2n) is 7.63. The van der Waals surface area contributed by atoms with Crippen molar-refractivity contribution in [2.45, 2.75) is 67.6 Å². The normalized spacial score (nSPS) is 15.6. The Kier molecular flexibility index (Phi) is 8.86. The molecular formula is C18H9F21O. The van der Waals surface area contributed by atoms with Crippen LogP contribution in [0.2, 0.25) is 0 Å². The molecular weight excluding hydrogens is 631 g/mol. The first-order chi connectivity index (χ1) is 17.3. The molecule has 1 aromatic carbocycles. The zero-order valence-electron chi connectivity index (χ0n) is 18.4. The summed E-state index contributed by atoms with van der Waals surface area (Å²) >= 11 is 0. The predicted molar refractivity (Wildman–Crippen MR) is 86.5 cm³/mol. The van der Waals surface area contributed by atoms with Crippen molar-refractivity contribution in [3.8, 4) is 0 Å². The van der Waals surface area contributed by atoms with Crippen molar-refractivity contribution in [1.29, 1.82) is 0 Å². The Labute approximate surface area is 206 Å². The number of hydrogen-bond donors (Lipinski definition) is 0. The first-order valence-corrected chi connectivity index (χ1v) is 9.51.